The van der Waals surface area contributed by atoms with Gasteiger partial charge in [-0.2, -0.15) is 5.10 Å². The van der Waals surface area contributed by atoms with Crippen LogP contribution in [0.25, 0.3) is 0 Å². The molecule has 240 valence electrons. The van der Waals surface area contributed by atoms with Gasteiger partial charge in [-0.05, 0) is 61.0 Å². The molecule has 3 N–H and O–H groups in total. The molecule has 6 rings (SSSR count). The van der Waals surface area contributed by atoms with Gasteiger partial charge in [0.25, 0.3) is 0 Å². The van der Waals surface area contributed by atoms with Crippen molar-refractivity contribution in [1.29, 1.82) is 0 Å². The van der Waals surface area contributed by atoms with Crippen LogP contribution in [-0.4, -0.2) is 60.2 Å². The van der Waals surface area contributed by atoms with Crippen LogP contribution in [0.5, 0.6) is 5.75 Å². The van der Waals surface area contributed by atoms with Crippen molar-refractivity contribution in [3.63, 3.8) is 0 Å². The Morgan fingerprint density at radius 1 is 1.07 bits per heavy atom. The molecule has 2 atom stereocenters. The zero-order valence-electron chi connectivity index (χ0n) is 25.3. The first-order chi connectivity index (χ1) is 22.4. The fourth-order valence-electron chi connectivity index (χ4n) is 6.18. The van der Waals surface area contributed by atoms with Gasteiger partial charge in [0.2, 0.25) is 0 Å². The second-order valence-electron chi connectivity index (χ2n) is 11.4. The average Bonchev–Trinajstić information content (AvgIpc) is 3.75. The molecule has 3 aromatic carbocycles. The Kier molecular flexibility index (Phi) is 9.13. The molecule has 0 bridgehead atoms. The number of anilines is 3. The number of rotatable bonds is 10. The Hall–Kier alpha value is -5.01. The van der Waals surface area contributed by atoms with Crippen LogP contribution in [0.4, 0.5) is 30.6 Å². The monoisotopic (exact) mass is 630 g/mol. The van der Waals surface area contributed by atoms with E-state index in [4.69, 9.17) is 15.3 Å². The van der Waals surface area contributed by atoms with E-state index in [0.717, 1.165) is 49.4 Å². The molecule has 2 fully saturated rings. The number of carbonyl (C=O) groups is 1. The number of piperazine rings is 1. The normalized spacial score (nSPS) is 19.6. The summed E-state index contributed by atoms with van der Waals surface area (Å²) in [6.07, 6.45) is 4.87. The number of nitrogens with two attached hydrogens (primary N) is 1. The van der Waals surface area contributed by atoms with Crippen LogP contribution in [0, 0.1) is 17.6 Å². The fraction of sp³-hybridized carbons (Fsp3) is 0.303. The van der Waals surface area contributed by atoms with Crippen LogP contribution in [0.2, 0.25) is 0 Å². The van der Waals surface area contributed by atoms with E-state index in [1.165, 1.54) is 29.6 Å². The highest BCUT2D eigenvalue weighted by Gasteiger charge is 2.44. The Morgan fingerprint density at radius 2 is 1.74 bits per heavy atom. The van der Waals surface area contributed by atoms with E-state index in [0.29, 0.717) is 30.9 Å². The molecule has 1 aromatic heterocycles. The number of ether oxygens (including phenoxy) is 2. The highest BCUT2D eigenvalue weighted by Crippen LogP contribution is 2.42. The molecule has 0 saturated carbocycles. The predicted molar refractivity (Wildman–Crippen MR) is 170 cm³/mol. The Labute approximate surface area is 265 Å². The number of aromatic nitrogens is 3. The van der Waals surface area contributed by atoms with Crippen molar-refractivity contribution < 1.29 is 23.0 Å². The molecule has 0 spiro atoms. The second kappa shape index (κ2) is 13.5. The summed E-state index contributed by atoms with van der Waals surface area (Å²) in [5, 5.41) is 4.17. The first-order valence-corrected chi connectivity index (χ1v) is 15.0. The average molecular weight is 631 g/mol. The molecule has 46 heavy (non-hydrogen) atoms. The number of hydrogen-bond donors (Lipinski definition) is 2. The molecule has 2 aliphatic rings. The third-order valence-electron chi connectivity index (χ3n) is 8.50. The number of carbonyl (C=O) groups excluding carboxylic acids is 1. The molecule has 4 aromatic rings. The topological polar surface area (TPSA) is 114 Å². The van der Waals surface area contributed by atoms with Crippen molar-refractivity contribution in [2.75, 3.05) is 54.1 Å². The third kappa shape index (κ3) is 6.65. The summed E-state index contributed by atoms with van der Waals surface area (Å²) in [4.78, 5) is 21.9. The molecule has 0 radical (unpaired) electrons. The number of hydrogen-bond acceptors (Lipinski definition) is 8. The van der Waals surface area contributed by atoms with Gasteiger partial charge in [0.1, 0.15) is 35.6 Å². The number of nitrogens with one attached hydrogen (secondary N) is 1. The minimum atomic E-state index is -1.01. The molecule has 2 saturated heterocycles. The highest BCUT2D eigenvalue weighted by molar-refractivity contribution is 5.93. The number of benzene rings is 3. The smallest absolute Gasteiger partial charge is 0.340 e. The lowest BCUT2D eigenvalue weighted by atomic mass is 9.87. The van der Waals surface area contributed by atoms with Gasteiger partial charge >= 0.3 is 6.03 Å². The lowest BCUT2D eigenvalue weighted by molar-refractivity contribution is -0.0206. The minimum absolute atomic E-state index is 0.00699. The number of halogens is 2. The van der Waals surface area contributed by atoms with E-state index in [-0.39, 0.29) is 12.5 Å². The van der Waals surface area contributed by atoms with Crippen molar-refractivity contribution in [3.05, 3.63) is 109 Å². The van der Waals surface area contributed by atoms with Gasteiger partial charge in [0, 0.05) is 61.3 Å². The zero-order valence-corrected chi connectivity index (χ0v) is 25.3. The van der Waals surface area contributed by atoms with Crippen molar-refractivity contribution in [3.8, 4) is 5.75 Å². The van der Waals surface area contributed by atoms with Crippen LogP contribution in [0.1, 0.15) is 12.0 Å². The van der Waals surface area contributed by atoms with E-state index >= 15 is 0 Å². The first kappa shape index (κ1) is 31.0. The van der Waals surface area contributed by atoms with E-state index in [1.54, 1.807) is 11.0 Å². The van der Waals surface area contributed by atoms with Crippen molar-refractivity contribution in [2.24, 2.45) is 11.8 Å². The zero-order chi connectivity index (χ0) is 32.1. The van der Waals surface area contributed by atoms with Crippen molar-refractivity contribution in [2.45, 2.75) is 18.6 Å². The van der Waals surface area contributed by atoms with Gasteiger partial charge < -0.3 is 19.3 Å². The molecule has 11 nitrogen and oxygen atoms in total. The van der Waals surface area contributed by atoms with Gasteiger partial charge in [0.05, 0.1) is 25.4 Å². The maximum Gasteiger partial charge on any atom is 0.340 e. The first-order valence-electron chi connectivity index (χ1n) is 15.0. The minimum Gasteiger partial charge on any atom is -0.493 e. The summed E-state index contributed by atoms with van der Waals surface area (Å²) in [7, 11) is 0. The van der Waals surface area contributed by atoms with Crippen LogP contribution < -0.4 is 30.7 Å². The maximum atomic E-state index is 14.9. The third-order valence-corrected chi connectivity index (χ3v) is 8.50. The number of hydrazine groups is 1. The van der Waals surface area contributed by atoms with E-state index in [1.807, 2.05) is 36.4 Å². The Morgan fingerprint density at radius 3 is 2.33 bits per heavy atom. The molecular formula is C33H36F2N8O3. The largest absolute Gasteiger partial charge is 0.493 e. The van der Waals surface area contributed by atoms with Gasteiger partial charge in [0.15, 0.2) is 0 Å². The summed E-state index contributed by atoms with van der Waals surface area (Å²) >= 11 is 0. The summed E-state index contributed by atoms with van der Waals surface area (Å²) in [6, 6.07) is 18.9. The van der Waals surface area contributed by atoms with Crippen LogP contribution in [0.3, 0.4) is 0 Å². The lowest BCUT2D eigenvalue weighted by Crippen LogP contribution is -2.46. The summed E-state index contributed by atoms with van der Waals surface area (Å²) < 4.78 is 42.6. The van der Waals surface area contributed by atoms with Crippen LogP contribution in [-0.2, 0) is 16.9 Å². The molecule has 0 unspecified atom stereocenters. The Bertz CT molecular complexity index is 1630. The van der Waals surface area contributed by atoms with Crippen LogP contribution >= 0.6 is 0 Å². The van der Waals surface area contributed by atoms with Crippen molar-refractivity contribution >= 4 is 23.1 Å². The maximum absolute atomic E-state index is 14.9. The molecule has 2 aliphatic heterocycles. The lowest BCUT2D eigenvalue weighted by Gasteiger charge is -2.37. The van der Waals surface area contributed by atoms with Gasteiger partial charge in [-0.15, -0.1) is 0 Å². The standard InChI is InChI=1S/C33H36F2N8O3/c1-2-43(32(44)39-36)28-6-4-26(5-7-28)40-13-15-41(16-14-40)27-8-10-29(11-9-27)45-19-24-18-33(46-20-24,21-42-23-37-22-38-42)30-12-3-25(34)17-31(30)35/h2-12,17,22-24H,1,13-16,18-21,36H2,(H,39,44)/t24-,33+/m1/s1. The van der Waals surface area contributed by atoms with Crippen molar-refractivity contribution in [1.82, 2.24) is 20.2 Å². The quantitative estimate of drug-likeness (QED) is 0.150. The molecule has 3 heterocycles. The molecule has 2 amide bonds. The van der Waals surface area contributed by atoms with Gasteiger partial charge in [-0.25, -0.2) is 29.1 Å². The van der Waals surface area contributed by atoms with Gasteiger partial charge in [-0.1, -0.05) is 12.6 Å². The summed E-state index contributed by atoms with van der Waals surface area (Å²) in [5.74, 6) is 4.70. The van der Waals surface area contributed by atoms with Gasteiger partial charge in [-0.3, -0.25) is 10.3 Å². The number of amides is 2. The Balaban J connectivity index is 1.02. The van der Waals surface area contributed by atoms with Crippen LogP contribution in [0.15, 0.2) is 92.2 Å². The van der Waals surface area contributed by atoms with E-state index in [9.17, 15) is 13.6 Å². The second-order valence-corrected chi connectivity index (χ2v) is 11.4. The number of urea groups is 1. The SMILES string of the molecule is C=CN(C(=O)NN)c1ccc(N2CCN(c3ccc(OC[C@@H]4CO[C@@](Cn5cncn5)(c5ccc(F)cc5F)C4)cc3)CC2)cc1. The highest BCUT2D eigenvalue weighted by atomic mass is 19.1. The van der Waals surface area contributed by atoms with E-state index < -0.39 is 23.3 Å². The summed E-state index contributed by atoms with van der Waals surface area (Å²) in [5.41, 5.74) is 4.26. The number of nitrogens with zero attached hydrogens (tertiary/aromatic N) is 6. The molecule has 0 aliphatic carbocycles. The molecular weight excluding hydrogens is 594 g/mol. The van der Waals surface area contributed by atoms with E-state index in [2.05, 4.69) is 44.0 Å². The molecule has 13 heteroatoms. The fourth-order valence-corrected chi connectivity index (χ4v) is 6.18. The summed E-state index contributed by atoms with van der Waals surface area (Å²) in [6.45, 7) is 8.08. The predicted octanol–water partition coefficient (Wildman–Crippen LogP) is 4.43.